The molecular formula is C19H25N2+. The summed E-state index contributed by atoms with van der Waals surface area (Å²) in [5, 5.41) is 3.83. The van der Waals surface area contributed by atoms with E-state index in [1.54, 1.807) is 0 Å². The number of piperidine rings is 1. The molecule has 110 valence electrons. The summed E-state index contributed by atoms with van der Waals surface area (Å²) in [6.45, 7) is 7.51. The van der Waals surface area contributed by atoms with Gasteiger partial charge in [0.1, 0.15) is 0 Å². The van der Waals surface area contributed by atoms with Gasteiger partial charge in [-0.05, 0) is 23.6 Å². The number of fused-ring (bicyclic) bond motifs is 1. The molecule has 1 aliphatic rings. The summed E-state index contributed by atoms with van der Waals surface area (Å²) in [5.41, 5.74) is 2.55. The van der Waals surface area contributed by atoms with Crippen LogP contribution in [0, 0.1) is 11.8 Å². The van der Waals surface area contributed by atoms with Crippen molar-refractivity contribution in [2.75, 3.05) is 6.54 Å². The number of nitrogens with zero attached hydrogens (tertiary/aromatic N) is 1. The van der Waals surface area contributed by atoms with Gasteiger partial charge in [0.2, 0.25) is 0 Å². The molecule has 3 atom stereocenters. The molecule has 1 aliphatic heterocycles. The number of aromatic nitrogens is 1. The second kappa shape index (κ2) is 6.40. The average Bonchev–Trinajstić information content (AvgIpc) is 2.55. The third-order valence-electron chi connectivity index (χ3n) is 5.00. The van der Waals surface area contributed by atoms with Crippen molar-refractivity contribution in [3.05, 3.63) is 54.7 Å². The molecule has 1 fully saturated rings. The molecule has 0 bridgehead atoms. The first kappa shape index (κ1) is 14.3. The summed E-state index contributed by atoms with van der Waals surface area (Å²) in [6.07, 6.45) is 7.80. The number of nitrogens with two attached hydrogens (primary N) is 1. The molecule has 1 aromatic carbocycles. The van der Waals surface area contributed by atoms with Gasteiger partial charge in [-0.2, -0.15) is 0 Å². The quantitative estimate of drug-likeness (QED) is 0.858. The lowest BCUT2D eigenvalue weighted by atomic mass is 9.80. The highest BCUT2D eigenvalue weighted by atomic mass is 14.9. The molecule has 0 radical (unpaired) electrons. The number of quaternary nitrogens is 1. The minimum atomic E-state index is 0.681. The van der Waals surface area contributed by atoms with E-state index in [2.05, 4.69) is 60.2 Å². The van der Waals surface area contributed by atoms with Crippen molar-refractivity contribution in [1.82, 2.24) is 4.98 Å². The Kier molecular flexibility index (Phi) is 4.35. The van der Waals surface area contributed by atoms with Crippen molar-refractivity contribution in [3.63, 3.8) is 0 Å². The number of benzene rings is 1. The van der Waals surface area contributed by atoms with Crippen molar-refractivity contribution in [3.8, 4) is 0 Å². The molecule has 0 unspecified atom stereocenters. The lowest BCUT2D eigenvalue weighted by Gasteiger charge is -2.32. The maximum absolute atomic E-state index is 4.47. The molecule has 3 rings (SSSR count). The summed E-state index contributed by atoms with van der Waals surface area (Å²) >= 11 is 0. The second-order valence-corrected chi connectivity index (χ2v) is 6.23. The number of pyridine rings is 1. The zero-order chi connectivity index (χ0) is 14.7. The molecule has 21 heavy (non-hydrogen) atoms. The van der Waals surface area contributed by atoms with Crippen LogP contribution in [0.3, 0.4) is 0 Å². The highest BCUT2D eigenvalue weighted by Gasteiger charge is 2.30. The Morgan fingerprint density at radius 3 is 3.00 bits per heavy atom. The van der Waals surface area contributed by atoms with Gasteiger partial charge in [-0.15, -0.1) is 6.58 Å². The Balaban J connectivity index is 1.78. The fourth-order valence-electron chi connectivity index (χ4n) is 3.74. The first-order valence-corrected chi connectivity index (χ1v) is 8.10. The van der Waals surface area contributed by atoms with Gasteiger partial charge >= 0.3 is 0 Å². The minimum absolute atomic E-state index is 0.681. The summed E-state index contributed by atoms with van der Waals surface area (Å²) in [4.78, 5) is 4.47. The summed E-state index contributed by atoms with van der Waals surface area (Å²) in [5.74, 6) is 1.48. The van der Waals surface area contributed by atoms with Gasteiger partial charge in [0.25, 0.3) is 0 Å². The summed E-state index contributed by atoms with van der Waals surface area (Å²) in [7, 11) is 0. The first-order valence-electron chi connectivity index (χ1n) is 8.10. The molecule has 0 amide bonds. The van der Waals surface area contributed by atoms with E-state index in [0.29, 0.717) is 12.0 Å². The zero-order valence-corrected chi connectivity index (χ0v) is 12.8. The SMILES string of the molecule is C=C[C@H]1C[NH2+][C@@H](Cc2ccnc3ccccc23)C[C@@H]1CC. The Bertz CT molecular complexity index is 614. The number of para-hydroxylation sites is 1. The van der Waals surface area contributed by atoms with Crippen molar-refractivity contribution in [2.24, 2.45) is 11.8 Å². The normalized spacial score (nSPS) is 25.9. The molecule has 2 nitrogen and oxygen atoms in total. The van der Waals surface area contributed by atoms with E-state index in [1.807, 2.05) is 6.20 Å². The molecule has 2 N–H and O–H groups in total. The van der Waals surface area contributed by atoms with E-state index in [-0.39, 0.29) is 0 Å². The third kappa shape index (κ3) is 3.01. The minimum Gasteiger partial charge on any atom is -0.343 e. The summed E-state index contributed by atoms with van der Waals surface area (Å²) in [6, 6.07) is 11.4. The van der Waals surface area contributed by atoms with E-state index in [1.165, 1.54) is 30.3 Å². The van der Waals surface area contributed by atoms with Crippen LogP contribution in [0.2, 0.25) is 0 Å². The molecule has 0 aliphatic carbocycles. The Labute approximate surface area is 127 Å². The number of hydrogen-bond donors (Lipinski definition) is 1. The molecule has 0 saturated carbocycles. The van der Waals surface area contributed by atoms with Gasteiger partial charge < -0.3 is 5.32 Å². The van der Waals surface area contributed by atoms with Crippen LogP contribution in [0.5, 0.6) is 0 Å². The van der Waals surface area contributed by atoms with Crippen LogP contribution in [0.15, 0.2) is 49.2 Å². The van der Waals surface area contributed by atoms with Gasteiger partial charge in [0.05, 0.1) is 18.1 Å². The predicted octanol–water partition coefficient (Wildman–Crippen LogP) is 2.94. The van der Waals surface area contributed by atoms with Crippen molar-refractivity contribution < 1.29 is 5.32 Å². The van der Waals surface area contributed by atoms with Crippen molar-refractivity contribution >= 4 is 10.9 Å². The highest BCUT2D eigenvalue weighted by Crippen LogP contribution is 2.26. The molecular weight excluding hydrogens is 256 g/mol. The molecule has 1 aromatic heterocycles. The Morgan fingerprint density at radius 2 is 2.19 bits per heavy atom. The predicted molar refractivity (Wildman–Crippen MR) is 88.1 cm³/mol. The van der Waals surface area contributed by atoms with Gasteiger partial charge in [0, 0.05) is 30.3 Å². The van der Waals surface area contributed by atoms with Crippen LogP contribution < -0.4 is 5.32 Å². The number of hydrogen-bond acceptors (Lipinski definition) is 1. The molecule has 1 saturated heterocycles. The third-order valence-corrected chi connectivity index (χ3v) is 5.00. The molecule has 0 spiro atoms. The van der Waals surface area contributed by atoms with Crippen molar-refractivity contribution in [1.29, 1.82) is 0 Å². The lowest BCUT2D eigenvalue weighted by molar-refractivity contribution is -0.704. The van der Waals surface area contributed by atoms with E-state index in [9.17, 15) is 0 Å². The van der Waals surface area contributed by atoms with Crippen LogP contribution in [0.25, 0.3) is 10.9 Å². The summed E-state index contributed by atoms with van der Waals surface area (Å²) < 4.78 is 0. The molecule has 2 heteroatoms. The van der Waals surface area contributed by atoms with Crippen LogP contribution in [0.1, 0.15) is 25.3 Å². The topological polar surface area (TPSA) is 29.5 Å². The fourth-order valence-corrected chi connectivity index (χ4v) is 3.74. The van der Waals surface area contributed by atoms with E-state index in [4.69, 9.17) is 0 Å². The van der Waals surface area contributed by atoms with Crippen LogP contribution in [-0.2, 0) is 6.42 Å². The molecule has 2 aromatic rings. The van der Waals surface area contributed by atoms with Crippen LogP contribution in [0.4, 0.5) is 0 Å². The molecule has 2 heterocycles. The standard InChI is InChI=1S/C19H24N2/c1-3-14-11-17(21-13-15(14)4-2)12-16-9-10-20-19-8-6-5-7-18(16)19/h4-10,14-15,17,21H,2-3,11-13H2,1H3/p+1/t14-,15-,17+/m0/s1. The fraction of sp³-hybridized carbons (Fsp3) is 0.421. The highest BCUT2D eigenvalue weighted by molar-refractivity contribution is 5.81. The maximum Gasteiger partial charge on any atom is 0.0903 e. The van der Waals surface area contributed by atoms with Gasteiger partial charge in [-0.25, -0.2) is 0 Å². The van der Waals surface area contributed by atoms with E-state index in [0.717, 1.165) is 17.9 Å². The van der Waals surface area contributed by atoms with Crippen LogP contribution >= 0.6 is 0 Å². The van der Waals surface area contributed by atoms with Crippen LogP contribution in [-0.4, -0.2) is 17.6 Å². The lowest BCUT2D eigenvalue weighted by Crippen LogP contribution is -2.93. The zero-order valence-electron chi connectivity index (χ0n) is 12.8. The smallest absolute Gasteiger partial charge is 0.0903 e. The van der Waals surface area contributed by atoms with Gasteiger partial charge in [0.15, 0.2) is 0 Å². The Hall–Kier alpha value is -1.67. The maximum atomic E-state index is 4.47. The van der Waals surface area contributed by atoms with Gasteiger partial charge in [-0.3, -0.25) is 4.98 Å². The van der Waals surface area contributed by atoms with Crippen molar-refractivity contribution in [2.45, 2.75) is 32.2 Å². The van der Waals surface area contributed by atoms with Gasteiger partial charge in [-0.1, -0.05) is 37.6 Å². The number of rotatable bonds is 4. The second-order valence-electron chi connectivity index (χ2n) is 6.23. The average molecular weight is 281 g/mol. The monoisotopic (exact) mass is 281 g/mol. The van der Waals surface area contributed by atoms with E-state index < -0.39 is 0 Å². The first-order chi connectivity index (χ1) is 10.3. The largest absolute Gasteiger partial charge is 0.343 e. The Morgan fingerprint density at radius 1 is 1.33 bits per heavy atom. The van der Waals surface area contributed by atoms with E-state index >= 15 is 0 Å².